The summed E-state index contributed by atoms with van der Waals surface area (Å²) in [5, 5.41) is 22.1. The van der Waals surface area contributed by atoms with Gasteiger partial charge >= 0.3 is 12.1 Å². The molecule has 0 aliphatic rings. The molecule has 2 unspecified atom stereocenters. The van der Waals surface area contributed by atoms with Gasteiger partial charge in [0.05, 0.1) is 12.2 Å². The molecule has 1 amide bonds. The molecule has 0 saturated carbocycles. The van der Waals surface area contributed by atoms with Crippen molar-refractivity contribution >= 4 is 5.91 Å². The molecule has 0 radical (unpaired) electrons. The van der Waals surface area contributed by atoms with Crippen LogP contribution in [0.15, 0.2) is 54.6 Å². The third kappa shape index (κ3) is 6.69. The average Bonchev–Trinajstić information content (AvgIpc) is 2.66. The van der Waals surface area contributed by atoms with E-state index in [1.807, 2.05) is 36.4 Å². The first kappa shape index (κ1) is 20.9. The standard InChI is InChI=1S/C20H22F3NO3/c21-20(22,23)19(27)24-12-11-18(26)16-8-4-5-14(13-16)9-10-17(25)15-6-2-1-3-7-15/h1-8,13,17-18,25-26H,9-12H2,(H,24,27). The highest BCUT2D eigenvalue weighted by molar-refractivity contribution is 5.81. The molecule has 2 aromatic carbocycles. The number of hydrogen-bond acceptors (Lipinski definition) is 3. The van der Waals surface area contributed by atoms with Gasteiger partial charge in [0.15, 0.2) is 0 Å². The second-order valence-electron chi connectivity index (χ2n) is 6.27. The van der Waals surface area contributed by atoms with Crippen molar-refractivity contribution in [3.63, 3.8) is 0 Å². The third-order valence-electron chi connectivity index (χ3n) is 4.19. The minimum atomic E-state index is -4.93. The van der Waals surface area contributed by atoms with Gasteiger partial charge in [0, 0.05) is 6.54 Å². The Kier molecular flexibility index (Phi) is 7.38. The van der Waals surface area contributed by atoms with Gasteiger partial charge in [-0.25, -0.2) is 0 Å². The lowest BCUT2D eigenvalue weighted by atomic mass is 9.98. The van der Waals surface area contributed by atoms with Crippen molar-refractivity contribution in [3.8, 4) is 0 Å². The number of carbonyl (C=O) groups is 1. The molecule has 2 atom stereocenters. The Bertz CT molecular complexity index is 735. The summed E-state index contributed by atoms with van der Waals surface area (Å²) in [5.74, 6) is -2.02. The molecule has 0 heterocycles. The lowest BCUT2D eigenvalue weighted by molar-refractivity contribution is -0.173. The number of amides is 1. The first-order valence-electron chi connectivity index (χ1n) is 8.62. The number of alkyl halides is 3. The Hall–Kier alpha value is -2.38. The summed E-state index contributed by atoms with van der Waals surface area (Å²) < 4.78 is 36.4. The Morgan fingerprint density at radius 2 is 1.56 bits per heavy atom. The van der Waals surface area contributed by atoms with Gasteiger partial charge in [-0.3, -0.25) is 4.79 Å². The summed E-state index contributed by atoms with van der Waals surface area (Å²) in [4.78, 5) is 10.8. The second-order valence-corrected chi connectivity index (χ2v) is 6.27. The zero-order chi connectivity index (χ0) is 19.9. The normalized spacial score (nSPS) is 13.8. The van der Waals surface area contributed by atoms with Crippen LogP contribution in [0, 0.1) is 0 Å². The van der Waals surface area contributed by atoms with Crippen molar-refractivity contribution in [2.75, 3.05) is 6.54 Å². The van der Waals surface area contributed by atoms with E-state index in [2.05, 4.69) is 0 Å². The summed E-state index contributed by atoms with van der Waals surface area (Å²) >= 11 is 0. The summed E-state index contributed by atoms with van der Waals surface area (Å²) in [5.41, 5.74) is 2.29. The number of aliphatic hydroxyl groups is 2. The fourth-order valence-corrected chi connectivity index (χ4v) is 2.69. The van der Waals surface area contributed by atoms with E-state index in [1.165, 1.54) is 0 Å². The van der Waals surface area contributed by atoms with Gasteiger partial charge in [0.25, 0.3) is 0 Å². The lowest BCUT2D eigenvalue weighted by Gasteiger charge is -2.15. The van der Waals surface area contributed by atoms with Gasteiger partial charge in [0.2, 0.25) is 0 Å². The molecule has 0 saturated heterocycles. The van der Waals surface area contributed by atoms with E-state index < -0.39 is 24.3 Å². The molecule has 7 heteroatoms. The molecule has 2 aromatic rings. The van der Waals surface area contributed by atoms with E-state index in [1.54, 1.807) is 23.5 Å². The maximum absolute atomic E-state index is 12.1. The van der Waals surface area contributed by atoms with E-state index >= 15 is 0 Å². The van der Waals surface area contributed by atoms with E-state index in [0.29, 0.717) is 18.4 Å². The summed E-state index contributed by atoms with van der Waals surface area (Å²) in [7, 11) is 0. The van der Waals surface area contributed by atoms with Crippen molar-refractivity contribution < 1.29 is 28.2 Å². The molecule has 0 aliphatic carbocycles. The number of aliphatic hydroxyl groups excluding tert-OH is 2. The largest absolute Gasteiger partial charge is 0.471 e. The number of hydrogen-bond donors (Lipinski definition) is 3. The summed E-state index contributed by atoms with van der Waals surface area (Å²) in [6.07, 6.45) is -5.45. The Balaban J connectivity index is 1.86. The monoisotopic (exact) mass is 381 g/mol. The van der Waals surface area contributed by atoms with Crippen LogP contribution in [0.1, 0.15) is 41.7 Å². The topological polar surface area (TPSA) is 69.6 Å². The maximum Gasteiger partial charge on any atom is 0.471 e. The predicted octanol–water partition coefficient (Wildman–Crippen LogP) is 3.45. The molecule has 0 fully saturated rings. The minimum Gasteiger partial charge on any atom is -0.388 e. The number of carbonyl (C=O) groups excluding carboxylic acids is 1. The summed E-state index contributed by atoms with van der Waals surface area (Å²) in [6.45, 7) is -0.281. The Labute approximate surface area is 155 Å². The molecule has 2 rings (SSSR count). The zero-order valence-electron chi connectivity index (χ0n) is 14.6. The highest BCUT2D eigenvalue weighted by atomic mass is 19.4. The van der Waals surface area contributed by atoms with Crippen LogP contribution in [-0.2, 0) is 11.2 Å². The van der Waals surface area contributed by atoms with Gasteiger partial charge in [-0.05, 0) is 36.0 Å². The van der Waals surface area contributed by atoms with Crippen LogP contribution >= 0.6 is 0 Å². The number of halogens is 3. The smallest absolute Gasteiger partial charge is 0.388 e. The van der Waals surface area contributed by atoms with Gasteiger partial charge in [-0.2, -0.15) is 13.2 Å². The van der Waals surface area contributed by atoms with Gasteiger partial charge < -0.3 is 15.5 Å². The van der Waals surface area contributed by atoms with Crippen LogP contribution in [0.25, 0.3) is 0 Å². The first-order valence-corrected chi connectivity index (χ1v) is 8.62. The van der Waals surface area contributed by atoms with Gasteiger partial charge in [0.1, 0.15) is 0 Å². The molecule has 146 valence electrons. The molecular weight excluding hydrogens is 359 g/mol. The summed E-state index contributed by atoms with van der Waals surface area (Å²) in [6, 6.07) is 16.3. The van der Waals surface area contributed by atoms with Crippen molar-refractivity contribution in [3.05, 3.63) is 71.3 Å². The van der Waals surface area contributed by atoms with Crippen LogP contribution in [0.3, 0.4) is 0 Å². The molecule has 3 N–H and O–H groups in total. The average molecular weight is 381 g/mol. The SMILES string of the molecule is O=C(NCCC(O)c1cccc(CCC(O)c2ccccc2)c1)C(F)(F)F. The molecule has 0 aromatic heterocycles. The molecule has 27 heavy (non-hydrogen) atoms. The maximum atomic E-state index is 12.1. The highest BCUT2D eigenvalue weighted by Gasteiger charge is 2.38. The third-order valence-corrected chi connectivity index (χ3v) is 4.19. The van der Waals surface area contributed by atoms with Crippen molar-refractivity contribution in [1.29, 1.82) is 0 Å². The van der Waals surface area contributed by atoms with Crippen LogP contribution in [0.2, 0.25) is 0 Å². The Morgan fingerprint density at radius 1 is 0.926 bits per heavy atom. The van der Waals surface area contributed by atoms with Crippen LogP contribution in [-0.4, -0.2) is 28.8 Å². The predicted molar refractivity (Wildman–Crippen MR) is 94.8 cm³/mol. The lowest BCUT2D eigenvalue weighted by Crippen LogP contribution is -2.37. The van der Waals surface area contributed by atoms with Crippen LogP contribution in [0.5, 0.6) is 0 Å². The van der Waals surface area contributed by atoms with Crippen LogP contribution < -0.4 is 5.32 Å². The molecule has 0 spiro atoms. The quantitative estimate of drug-likeness (QED) is 0.656. The van der Waals surface area contributed by atoms with Crippen molar-refractivity contribution in [2.24, 2.45) is 0 Å². The highest BCUT2D eigenvalue weighted by Crippen LogP contribution is 2.22. The van der Waals surface area contributed by atoms with Crippen molar-refractivity contribution in [1.82, 2.24) is 5.32 Å². The second kappa shape index (κ2) is 9.53. The van der Waals surface area contributed by atoms with Crippen LogP contribution in [0.4, 0.5) is 13.2 Å². The van der Waals surface area contributed by atoms with Gasteiger partial charge in [-0.15, -0.1) is 0 Å². The first-order chi connectivity index (χ1) is 12.8. The van der Waals surface area contributed by atoms with E-state index in [4.69, 9.17) is 0 Å². The molecule has 0 bridgehead atoms. The fraction of sp³-hybridized carbons (Fsp3) is 0.350. The number of aryl methyl sites for hydroxylation is 1. The molecule has 4 nitrogen and oxygen atoms in total. The minimum absolute atomic E-state index is 0.0298. The van der Waals surface area contributed by atoms with Gasteiger partial charge in [-0.1, -0.05) is 54.6 Å². The molecular formula is C20H22F3NO3. The fourth-order valence-electron chi connectivity index (χ4n) is 2.69. The number of benzene rings is 2. The van der Waals surface area contributed by atoms with E-state index in [9.17, 15) is 28.2 Å². The zero-order valence-corrected chi connectivity index (χ0v) is 14.6. The van der Waals surface area contributed by atoms with E-state index in [0.717, 1.165) is 11.1 Å². The number of rotatable bonds is 8. The molecule has 0 aliphatic heterocycles. The number of nitrogens with one attached hydrogen (secondary N) is 1. The van der Waals surface area contributed by atoms with Crippen molar-refractivity contribution in [2.45, 2.75) is 37.6 Å². The van der Waals surface area contributed by atoms with E-state index in [-0.39, 0.29) is 13.0 Å². The Morgan fingerprint density at radius 3 is 2.22 bits per heavy atom.